The van der Waals surface area contributed by atoms with E-state index in [1.54, 1.807) is 23.7 Å². The maximum Gasteiger partial charge on any atom is 0.227 e. The third-order valence-electron chi connectivity index (χ3n) is 7.47. The van der Waals surface area contributed by atoms with Crippen LogP contribution in [0.4, 0.5) is 5.69 Å². The maximum absolute atomic E-state index is 12.6. The summed E-state index contributed by atoms with van der Waals surface area (Å²) in [6.07, 6.45) is 12.7. The van der Waals surface area contributed by atoms with Crippen molar-refractivity contribution >= 4 is 39.5 Å². The van der Waals surface area contributed by atoms with Crippen molar-refractivity contribution in [3.05, 3.63) is 82.1 Å². The number of anilines is 1. The van der Waals surface area contributed by atoms with Crippen molar-refractivity contribution < 1.29 is 4.79 Å². The Morgan fingerprint density at radius 2 is 1.97 bits per heavy atom. The second-order valence-corrected chi connectivity index (χ2v) is 11.2. The van der Waals surface area contributed by atoms with Crippen LogP contribution in [0.5, 0.6) is 0 Å². The summed E-state index contributed by atoms with van der Waals surface area (Å²) in [5.41, 5.74) is 8.87. The number of aromatic nitrogens is 6. The average molecular weight is 534 g/mol. The lowest BCUT2D eigenvalue weighted by Gasteiger charge is -2.11. The molecule has 0 unspecified atom stereocenters. The fraction of sp³-hybridized carbons (Fsp3) is 0.233. The summed E-state index contributed by atoms with van der Waals surface area (Å²) in [6.45, 7) is 2.13. The van der Waals surface area contributed by atoms with Crippen LogP contribution in [0.2, 0.25) is 0 Å². The third kappa shape index (κ3) is 4.48. The number of hydrogen-bond donors (Lipinski definition) is 3. The summed E-state index contributed by atoms with van der Waals surface area (Å²) in [7, 11) is 0. The number of aromatic amines is 2. The molecule has 9 heteroatoms. The van der Waals surface area contributed by atoms with Crippen molar-refractivity contribution in [2.24, 2.45) is 5.92 Å². The molecule has 0 atom stereocenters. The number of nitrogens with zero attached hydrogens (tertiary/aromatic N) is 4. The molecule has 5 aromatic heterocycles. The van der Waals surface area contributed by atoms with Crippen molar-refractivity contribution in [3.8, 4) is 22.8 Å². The Balaban J connectivity index is 1.23. The van der Waals surface area contributed by atoms with Crippen molar-refractivity contribution in [2.45, 2.75) is 39.0 Å². The summed E-state index contributed by atoms with van der Waals surface area (Å²) in [5, 5.41) is 12.8. The van der Waals surface area contributed by atoms with E-state index >= 15 is 0 Å². The molecule has 0 saturated heterocycles. The molecule has 1 saturated carbocycles. The van der Waals surface area contributed by atoms with Gasteiger partial charge in [0.25, 0.3) is 0 Å². The largest absolute Gasteiger partial charge is 0.340 e. The maximum atomic E-state index is 12.6. The van der Waals surface area contributed by atoms with E-state index in [-0.39, 0.29) is 11.8 Å². The molecule has 1 amide bonds. The number of carbonyl (C=O) groups excluding carboxylic acids is 1. The molecule has 2 aliphatic rings. The van der Waals surface area contributed by atoms with Crippen LogP contribution < -0.4 is 5.32 Å². The molecule has 194 valence electrons. The van der Waals surface area contributed by atoms with Gasteiger partial charge in [0.2, 0.25) is 5.91 Å². The first kappa shape index (κ1) is 23.7. The highest BCUT2D eigenvalue weighted by atomic mass is 32.1. The van der Waals surface area contributed by atoms with Crippen LogP contribution in [-0.2, 0) is 11.2 Å². The molecule has 3 N–H and O–H groups in total. The van der Waals surface area contributed by atoms with Gasteiger partial charge < -0.3 is 10.3 Å². The SMILES string of the molecule is CC1=CC=C(c2cccs2)c2nc(-c3n[nH]c4ccc(-c5cncc(NC(=O)C6CCCC6)c5)nc34)[nH]c2C1. The molecule has 1 fully saturated rings. The quantitative estimate of drug-likeness (QED) is 0.238. The van der Waals surface area contributed by atoms with Crippen LogP contribution in [0.25, 0.3) is 39.4 Å². The lowest BCUT2D eigenvalue weighted by molar-refractivity contribution is -0.119. The lowest BCUT2D eigenvalue weighted by Crippen LogP contribution is -2.20. The van der Waals surface area contributed by atoms with Gasteiger partial charge in [0, 0.05) is 40.2 Å². The number of imidazole rings is 1. The standard InChI is InChI=1S/C30H27N7OS/c1-17-8-9-21(25-7-4-12-39-25)26-24(13-17)34-29(35-26)28-27-23(36-37-28)11-10-22(33-27)19-14-20(16-31-15-19)32-30(38)18-5-2-3-6-18/h4,7-12,14-16,18H,2-3,5-6,13H2,1H3,(H,32,38)(H,34,35)(H,36,37). The molecule has 8 nitrogen and oxygen atoms in total. The number of pyridine rings is 2. The number of rotatable bonds is 5. The van der Waals surface area contributed by atoms with E-state index in [1.807, 2.05) is 18.2 Å². The van der Waals surface area contributed by atoms with E-state index < -0.39 is 0 Å². The minimum Gasteiger partial charge on any atom is -0.340 e. The van der Waals surface area contributed by atoms with Gasteiger partial charge in [0.05, 0.1) is 28.8 Å². The Morgan fingerprint density at radius 3 is 2.82 bits per heavy atom. The number of nitrogens with one attached hydrogen (secondary N) is 3. The Labute approximate surface area is 229 Å². The summed E-state index contributed by atoms with van der Waals surface area (Å²) < 4.78 is 0. The van der Waals surface area contributed by atoms with Crippen LogP contribution in [0.15, 0.2) is 65.8 Å². The number of allylic oxidation sites excluding steroid dienone is 3. The zero-order valence-corrected chi connectivity index (χ0v) is 22.3. The monoisotopic (exact) mass is 533 g/mol. The molecule has 0 bridgehead atoms. The van der Waals surface area contributed by atoms with Gasteiger partial charge in [-0.05, 0) is 49.4 Å². The molecule has 39 heavy (non-hydrogen) atoms. The number of carbonyl (C=O) groups is 1. The highest BCUT2D eigenvalue weighted by Gasteiger charge is 2.24. The van der Waals surface area contributed by atoms with Gasteiger partial charge >= 0.3 is 0 Å². The number of hydrogen-bond acceptors (Lipinski definition) is 6. The van der Waals surface area contributed by atoms with E-state index in [0.29, 0.717) is 17.2 Å². The van der Waals surface area contributed by atoms with Crippen LogP contribution in [0, 0.1) is 5.92 Å². The number of H-pyrrole nitrogens is 2. The van der Waals surface area contributed by atoms with E-state index in [9.17, 15) is 4.79 Å². The van der Waals surface area contributed by atoms with Gasteiger partial charge in [-0.2, -0.15) is 5.10 Å². The van der Waals surface area contributed by atoms with Crippen molar-refractivity contribution in [2.75, 3.05) is 5.32 Å². The van der Waals surface area contributed by atoms with Crippen LogP contribution in [0.1, 0.15) is 48.9 Å². The minimum atomic E-state index is 0.0746. The van der Waals surface area contributed by atoms with Gasteiger partial charge in [-0.3, -0.25) is 14.9 Å². The van der Waals surface area contributed by atoms with Gasteiger partial charge in [0.15, 0.2) is 11.5 Å². The predicted molar refractivity (Wildman–Crippen MR) is 154 cm³/mol. The third-order valence-corrected chi connectivity index (χ3v) is 8.37. The molecule has 2 aliphatic carbocycles. The number of amides is 1. The number of thiophene rings is 1. The van der Waals surface area contributed by atoms with Crippen LogP contribution in [-0.4, -0.2) is 36.0 Å². The molecular weight excluding hydrogens is 506 g/mol. The Morgan fingerprint density at radius 1 is 1.08 bits per heavy atom. The second kappa shape index (κ2) is 9.74. The zero-order valence-electron chi connectivity index (χ0n) is 21.5. The fourth-order valence-corrected chi connectivity index (χ4v) is 6.20. The fourth-order valence-electron chi connectivity index (χ4n) is 5.45. The molecule has 0 aromatic carbocycles. The molecule has 5 heterocycles. The van der Waals surface area contributed by atoms with Gasteiger partial charge in [0.1, 0.15) is 5.52 Å². The topological polar surface area (TPSA) is 112 Å². The summed E-state index contributed by atoms with van der Waals surface area (Å²) in [4.78, 5) is 31.7. The minimum absolute atomic E-state index is 0.0746. The molecule has 5 aromatic rings. The van der Waals surface area contributed by atoms with E-state index in [4.69, 9.17) is 9.97 Å². The van der Waals surface area contributed by atoms with Gasteiger partial charge in [-0.25, -0.2) is 9.97 Å². The Bertz CT molecular complexity index is 1750. The molecule has 0 aliphatic heterocycles. The summed E-state index contributed by atoms with van der Waals surface area (Å²) in [6, 6.07) is 10.0. The number of fused-ring (bicyclic) bond motifs is 2. The van der Waals surface area contributed by atoms with E-state index in [2.05, 4.69) is 62.1 Å². The highest BCUT2D eigenvalue weighted by Crippen LogP contribution is 2.35. The summed E-state index contributed by atoms with van der Waals surface area (Å²) in [5.74, 6) is 0.851. The lowest BCUT2D eigenvalue weighted by atomic mass is 10.1. The van der Waals surface area contributed by atoms with Crippen LogP contribution >= 0.6 is 11.3 Å². The van der Waals surface area contributed by atoms with Crippen molar-refractivity contribution in [3.63, 3.8) is 0 Å². The molecule has 0 spiro atoms. The second-order valence-electron chi connectivity index (χ2n) is 10.3. The zero-order chi connectivity index (χ0) is 26.3. The molecule has 0 radical (unpaired) electrons. The van der Waals surface area contributed by atoms with Crippen molar-refractivity contribution in [1.29, 1.82) is 0 Å². The van der Waals surface area contributed by atoms with E-state index in [0.717, 1.165) is 71.4 Å². The molecular formula is C30H27N7OS. The van der Waals surface area contributed by atoms with Crippen LogP contribution in [0.3, 0.4) is 0 Å². The predicted octanol–water partition coefficient (Wildman–Crippen LogP) is 6.53. The van der Waals surface area contributed by atoms with Gasteiger partial charge in [-0.1, -0.05) is 36.6 Å². The normalized spacial score (nSPS) is 15.6. The highest BCUT2D eigenvalue weighted by molar-refractivity contribution is 7.11. The van der Waals surface area contributed by atoms with E-state index in [1.165, 1.54) is 10.5 Å². The average Bonchev–Trinajstić information content (AvgIpc) is 3.76. The van der Waals surface area contributed by atoms with Crippen molar-refractivity contribution in [1.82, 2.24) is 30.1 Å². The summed E-state index contributed by atoms with van der Waals surface area (Å²) >= 11 is 1.71. The Hall–Kier alpha value is -4.37. The van der Waals surface area contributed by atoms with Gasteiger partial charge in [-0.15, -0.1) is 11.3 Å². The first-order chi connectivity index (χ1) is 19.1. The molecule has 7 rings (SSSR count). The first-order valence-electron chi connectivity index (χ1n) is 13.2. The Kier molecular flexibility index (Phi) is 5.93. The first-order valence-corrected chi connectivity index (χ1v) is 14.1. The smallest absolute Gasteiger partial charge is 0.227 e.